The molecule has 0 fully saturated rings. The molecule has 5 rings (SSSR count). The van der Waals surface area contributed by atoms with Gasteiger partial charge in [0.05, 0.1) is 11.4 Å². The van der Waals surface area contributed by atoms with Gasteiger partial charge in [-0.2, -0.15) is 0 Å². The van der Waals surface area contributed by atoms with Gasteiger partial charge < -0.3 is 14.5 Å². The van der Waals surface area contributed by atoms with E-state index in [0.717, 1.165) is 11.3 Å². The number of likely N-dealkylation sites (N-methyl/N-ethyl adjacent to an activating group) is 2. The Hall–Kier alpha value is -2.94. The smallest absolute Gasteiger partial charge is 0.287 e. The third-order valence-corrected chi connectivity index (χ3v) is 5.55. The van der Waals surface area contributed by atoms with Crippen LogP contribution in [-0.2, 0) is 0 Å². The molecule has 0 aromatic heterocycles. The average Bonchev–Trinajstić information content (AvgIpc) is 2.64. The molecule has 0 unspecified atom stereocenters. The maximum atomic E-state index is 6.67. The predicted octanol–water partition coefficient (Wildman–Crippen LogP) is 4.88. The standard InChI is InChI=1S/C22H20N2O/c1-15-14-17-8-4-5-13-20(17)25-22(15)23(2)18-11-6-9-16-10-7-12-19(21(16)18)24(22)3/h4-14H,1-3H3. The molecule has 3 aromatic rings. The molecule has 0 atom stereocenters. The maximum absolute atomic E-state index is 6.67. The molecule has 2 aliphatic heterocycles. The van der Waals surface area contributed by atoms with Crippen LogP contribution >= 0.6 is 0 Å². The number of rotatable bonds is 0. The van der Waals surface area contributed by atoms with Crippen molar-refractivity contribution in [3.63, 3.8) is 0 Å². The molecule has 124 valence electrons. The zero-order chi connectivity index (χ0) is 17.2. The molecule has 3 heteroatoms. The third kappa shape index (κ3) is 1.70. The Morgan fingerprint density at radius 3 is 2.12 bits per heavy atom. The molecule has 0 bridgehead atoms. The van der Waals surface area contributed by atoms with Crippen LogP contribution in [0.15, 0.2) is 66.2 Å². The molecule has 1 spiro atoms. The Labute approximate surface area is 147 Å². The van der Waals surface area contributed by atoms with E-state index in [9.17, 15) is 0 Å². The van der Waals surface area contributed by atoms with E-state index in [4.69, 9.17) is 4.74 Å². The first kappa shape index (κ1) is 14.4. The molecule has 0 aliphatic carbocycles. The van der Waals surface area contributed by atoms with Gasteiger partial charge in [-0.3, -0.25) is 0 Å². The second-order valence-corrected chi connectivity index (χ2v) is 6.85. The van der Waals surface area contributed by atoms with Crippen LogP contribution in [0.5, 0.6) is 5.75 Å². The van der Waals surface area contributed by atoms with E-state index in [-0.39, 0.29) is 0 Å². The van der Waals surface area contributed by atoms with Gasteiger partial charge >= 0.3 is 0 Å². The highest BCUT2D eigenvalue weighted by Crippen LogP contribution is 2.49. The van der Waals surface area contributed by atoms with Gasteiger partial charge in [0.1, 0.15) is 5.75 Å². The van der Waals surface area contributed by atoms with Crippen molar-refractivity contribution >= 4 is 28.2 Å². The van der Waals surface area contributed by atoms with Crippen LogP contribution in [0.2, 0.25) is 0 Å². The molecule has 0 saturated heterocycles. The molecular formula is C22H20N2O. The fourth-order valence-corrected chi connectivity index (χ4v) is 4.33. The minimum absolute atomic E-state index is 0.656. The Morgan fingerprint density at radius 1 is 0.800 bits per heavy atom. The lowest BCUT2D eigenvalue weighted by molar-refractivity contribution is 0.104. The van der Waals surface area contributed by atoms with Gasteiger partial charge in [-0.1, -0.05) is 42.5 Å². The zero-order valence-electron chi connectivity index (χ0n) is 14.7. The van der Waals surface area contributed by atoms with Crippen LogP contribution < -0.4 is 14.5 Å². The van der Waals surface area contributed by atoms with E-state index in [1.165, 1.54) is 27.7 Å². The molecule has 3 nitrogen and oxygen atoms in total. The highest BCUT2D eigenvalue weighted by atomic mass is 16.5. The Kier molecular flexibility index (Phi) is 2.76. The van der Waals surface area contributed by atoms with Gasteiger partial charge in [0.15, 0.2) is 0 Å². The lowest BCUT2D eigenvalue weighted by atomic mass is 9.95. The Morgan fingerprint density at radius 2 is 1.44 bits per heavy atom. The molecule has 0 amide bonds. The summed E-state index contributed by atoms with van der Waals surface area (Å²) in [5.74, 6) is 0.259. The SMILES string of the molecule is CC1=Cc2ccccc2OC12N(C)c1cccc3cccc(c13)N2C. The van der Waals surface area contributed by atoms with E-state index in [0.29, 0.717) is 0 Å². The molecule has 3 aromatic carbocycles. The quantitative estimate of drug-likeness (QED) is 0.585. The fraction of sp³-hybridized carbons (Fsp3) is 0.182. The molecule has 0 radical (unpaired) electrons. The first-order chi connectivity index (χ1) is 12.1. The van der Waals surface area contributed by atoms with Crippen molar-refractivity contribution in [1.82, 2.24) is 0 Å². The monoisotopic (exact) mass is 328 g/mol. The summed E-state index contributed by atoms with van der Waals surface area (Å²) in [4.78, 5) is 4.51. The van der Waals surface area contributed by atoms with Gasteiger partial charge in [0.2, 0.25) is 0 Å². The minimum Gasteiger partial charge on any atom is -0.445 e. The summed E-state index contributed by atoms with van der Waals surface area (Å²) in [6, 6.07) is 21.2. The largest absolute Gasteiger partial charge is 0.445 e. The number of hydrogen-bond donors (Lipinski definition) is 0. The number of benzene rings is 3. The number of hydrogen-bond acceptors (Lipinski definition) is 3. The average molecular weight is 328 g/mol. The highest BCUT2D eigenvalue weighted by molar-refractivity contribution is 6.06. The molecule has 2 heterocycles. The van der Waals surface area contributed by atoms with Crippen molar-refractivity contribution in [3.05, 3.63) is 71.8 Å². The van der Waals surface area contributed by atoms with E-state index >= 15 is 0 Å². The van der Waals surface area contributed by atoms with Gasteiger partial charge in [0, 0.05) is 30.6 Å². The van der Waals surface area contributed by atoms with Gasteiger partial charge in [-0.15, -0.1) is 0 Å². The summed E-state index contributed by atoms with van der Waals surface area (Å²) in [6.07, 6.45) is 2.24. The summed E-state index contributed by atoms with van der Waals surface area (Å²) in [6.45, 7) is 2.15. The first-order valence-corrected chi connectivity index (χ1v) is 8.59. The van der Waals surface area contributed by atoms with Crippen LogP contribution in [-0.4, -0.2) is 19.9 Å². The number of nitrogens with zero attached hydrogens (tertiary/aromatic N) is 2. The minimum atomic E-state index is -0.656. The van der Waals surface area contributed by atoms with Crippen LogP contribution in [0, 0.1) is 0 Å². The lowest BCUT2D eigenvalue weighted by Gasteiger charge is -2.54. The van der Waals surface area contributed by atoms with E-state index in [1.54, 1.807) is 0 Å². The summed E-state index contributed by atoms with van der Waals surface area (Å²) >= 11 is 0. The number of para-hydroxylation sites is 1. The second kappa shape index (κ2) is 4.79. The van der Waals surface area contributed by atoms with Crippen molar-refractivity contribution in [2.45, 2.75) is 12.8 Å². The fourth-order valence-electron chi connectivity index (χ4n) is 4.33. The maximum Gasteiger partial charge on any atom is 0.287 e. The van der Waals surface area contributed by atoms with Crippen LogP contribution in [0.3, 0.4) is 0 Å². The molecule has 2 aliphatic rings. The summed E-state index contributed by atoms with van der Waals surface area (Å²) < 4.78 is 6.67. The molecular weight excluding hydrogens is 308 g/mol. The molecule has 0 saturated carbocycles. The number of anilines is 2. The Bertz CT molecular complexity index is 992. The lowest BCUT2D eigenvalue weighted by Crippen LogP contribution is -2.65. The van der Waals surface area contributed by atoms with Gasteiger partial charge in [0.25, 0.3) is 5.85 Å². The first-order valence-electron chi connectivity index (χ1n) is 8.59. The molecule has 25 heavy (non-hydrogen) atoms. The van der Waals surface area contributed by atoms with Crippen molar-refractivity contribution in [1.29, 1.82) is 0 Å². The van der Waals surface area contributed by atoms with Crippen molar-refractivity contribution < 1.29 is 4.74 Å². The van der Waals surface area contributed by atoms with E-state index in [2.05, 4.69) is 79.4 Å². The number of fused-ring (bicyclic) bond motifs is 1. The molecule has 0 N–H and O–H groups in total. The van der Waals surface area contributed by atoms with Gasteiger partial charge in [-0.05, 0) is 36.6 Å². The number of ether oxygens (including phenoxy) is 1. The van der Waals surface area contributed by atoms with Crippen molar-refractivity contribution in [2.24, 2.45) is 0 Å². The normalized spacial score (nSPS) is 17.3. The topological polar surface area (TPSA) is 15.7 Å². The van der Waals surface area contributed by atoms with Crippen molar-refractivity contribution in [3.8, 4) is 5.75 Å². The van der Waals surface area contributed by atoms with E-state index < -0.39 is 5.85 Å². The highest BCUT2D eigenvalue weighted by Gasteiger charge is 2.49. The summed E-state index contributed by atoms with van der Waals surface area (Å²) in [7, 11) is 4.24. The predicted molar refractivity (Wildman–Crippen MR) is 104 cm³/mol. The zero-order valence-corrected chi connectivity index (χ0v) is 14.7. The Balaban J connectivity index is 1.80. The van der Waals surface area contributed by atoms with Crippen LogP contribution in [0.25, 0.3) is 16.8 Å². The van der Waals surface area contributed by atoms with Crippen LogP contribution in [0.4, 0.5) is 11.4 Å². The third-order valence-electron chi connectivity index (χ3n) is 5.55. The van der Waals surface area contributed by atoms with Gasteiger partial charge in [-0.25, -0.2) is 0 Å². The summed E-state index contributed by atoms with van der Waals surface area (Å²) in [5, 5.41) is 2.53. The second-order valence-electron chi connectivity index (χ2n) is 6.85. The van der Waals surface area contributed by atoms with Crippen molar-refractivity contribution in [2.75, 3.05) is 23.9 Å². The van der Waals surface area contributed by atoms with E-state index in [1.807, 2.05) is 18.2 Å². The summed E-state index contributed by atoms with van der Waals surface area (Å²) in [5.41, 5.74) is 4.68. The van der Waals surface area contributed by atoms with Crippen LogP contribution in [0.1, 0.15) is 12.5 Å².